The van der Waals surface area contributed by atoms with Crippen molar-refractivity contribution in [2.24, 2.45) is 0 Å². The monoisotopic (exact) mass is 517 g/mol. The Labute approximate surface area is 207 Å². The Kier molecular flexibility index (Phi) is 6.48. The standard InChI is InChI=1S/C23H24ClN5O3S2/c24-17-2-1-3-19(16-17)27-11-13-28(14-12-27)21-8-10-29(22(21)30)18-4-6-20(7-5-18)34(31,32)26-23-25-9-15-33-23/h1-7,9,15-16,21H,8,10-14H2,(H,25,26)/t21-/m0/s1. The van der Waals surface area contributed by atoms with Crippen molar-refractivity contribution in [3.8, 4) is 0 Å². The number of benzene rings is 2. The van der Waals surface area contributed by atoms with Crippen molar-refractivity contribution in [1.82, 2.24) is 9.88 Å². The summed E-state index contributed by atoms with van der Waals surface area (Å²) in [5.74, 6) is 0.0627. The van der Waals surface area contributed by atoms with E-state index in [4.69, 9.17) is 11.6 Å². The van der Waals surface area contributed by atoms with Crippen LogP contribution in [0.25, 0.3) is 0 Å². The van der Waals surface area contributed by atoms with Crippen LogP contribution in [0, 0.1) is 0 Å². The zero-order chi connectivity index (χ0) is 23.7. The Balaban J connectivity index is 1.21. The van der Waals surface area contributed by atoms with Gasteiger partial charge in [0.1, 0.15) is 0 Å². The molecule has 1 amide bonds. The second-order valence-electron chi connectivity index (χ2n) is 8.23. The van der Waals surface area contributed by atoms with E-state index in [1.165, 1.54) is 29.7 Å². The Hall–Kier alpha value is -2.66. The summed E-state index contributed by atoms with van der Waals surface area (Å²) in [5.41, 5.74) is 1.81. The number of halogens is 1. The number of nitrogens with zero attached hydrogens (tertiary/aromatic N) is 4. The van der Waals surface area contributed by atoms with Crippen molar-refractivity contribution in [3.05, 3.63) is 65.1 Å². The molecule has 3 heterocycles. The van der Waals surface area contributed by atoms with Gasteiger partial charge in [0.15, 0.2) is 5.13 Å². The van der Waals surface area contributed by atoms with Crippen LogP contribution in [0.2, 0.25) is 5.02 Å². The van der Waals surface area contributed by atoms with E-state index in [9.17, 15) is 13.2 Å². The van der Waals surface area contributed by atoms with Crippen LogP contribution in [0.15, 0.2) is 65.0 Å². The highest BCUT2D eigenvalue weighted by Gasteiger charge is 2.38. The predicted octanol–water partition coefficient (Wildman–Crippen LogP) is 3.52. The Bertz CT molecular complexity index is 1260. The predicted molar refractivity (Wildman–Crippen MR) is 135 cm³/mol. The number of sulfonamides is 1. The molecule has 2 aliphatic rings. The van der Waals surface area contributed by atoms with Crippen LogP contribution in [-0.4, -0.2) is 63.0 Å². The average molecular weight is 518 g/mol. The molecule has 3 aromatic rings. The highest BCUT2D eigenvalue weighted by Crippen LogP contribution is 2.28. The number of amides is 1. The van der Waals surface area contributed by atoms with Crippen LogP contribution in [0.1, 0.15) is 6.42 Å². The van der Waals surface area contributed by atoms with Gasteiger partial charge in [0.25, 0.3) is 10.0 Å². The van der Waals surface area contributed by atoms with E-state index in [-0.39, 0.29) is 16.8 Å². The lowest BCUT2D eigenvalue weighted by Crippen LogP contribution is -2.52. The first kappa shape index (κ1) is 23.1. The Morgan fingerprint density at radius 1 is 1.00 bits per heavy atom. The summed E-state index contributed by atoms with van der Waals surface area (Å²) in [6.07, 6.45) is 2.29. The van der Waals surface area contributed by atoms with Crippen LogP contribution >= 0.6 is 22.9 Å². The van der Waals surface area contributed by atoms with Gasteiger partial charge in [-0.15, -0.1) is 11.3 Å². The molecular weight excluding hydrogens is 494 g/mol. The van der Waals surface area contributed by atoms with Gasteiger partial charge in [0.2, 0.25) is 5.91 Å². The normalized spacial score (nSPS) is 19.6. The minimum Gasteiger partial charge on any atom is -0.369 e. The minimum atomic E-state index is -3.72. The van der Waals surface area contributed by atoms with Crippen LogP contribution in [0.5, 0.6) is 0 Å². The molecule has 34 heavy (non-hydrogen) atoms. The lowest BCUT2D eigenvalue weighted by atomic mass is 10.1. The summed E-state index contributed by atoms with van der Waals surface area (Å²) in [6, 6.07) is 14.1. The molecule has 178 valence electrons. The van der Waals surface area contributed by atoms with E-state index < -0.39 is 10.0 Å². The number of carbonyl (C=O) groups excluding carboxylic acids is 1. The molecule has 1 aromatic heterocycles. The lowest BCUT2D eigenvalue weighted by Gasteiger charge is -2.38. The average Bonchev–Trinajstić information content (AvgIpc) is 3.48. The lowest BCUT2D eigenvalue weighted by molar-refractivity contribution is -0.121. The maximum absolute atomic E-state index is 13.2. The summed E-state index contributed by atoms with van der Waals surface area (Å²) >= 11 is 7.34. The van der Waals surface area contributed by atoms with E-state index in [1.807, 2.05) is 18.2 Å². The number of hydrogen-bond donors (Lipinski definition) is 1. The first-order chi connectivity index (χ1) is 16.4. The molecule has 0 aliphatic carbocycles. The smallest absolute Gasteiger partial charge is 0.263 e. The zero-order valence-corrected chi connectivity index (χ0v) is 20.7. The maximum atomic E-state index is 13.2. The molecule has 8 nitrogen and oxygen atoms in total. The SMILES string of the molecule is O=C1[C@@H](N2CCN(c3cccc(Cl)c3)CC2)CCN1c1ccc(S(=O)(=O)Nc2nccs2)cc1. The van der Waals surface area contributed by atoms with Gasteiger partial charge < -0.3 is 9.80 Å². The van der Waals surface area contributed by atoms with Gasteiger partial charge in [-0.3, -0.25) is 14.4 Å². The number of rotatable bonds is 6. The number of thiazole rings is 1. The quantitative estimate of drug-likeness (QED) is 0.538. The van der Waals surface area contributed by atoms with Gasteiger partial charge in [-0.05, 0) is 48.9 Å². The fraction of sp³-hybridized carbons (Fsp3) is 0.304. The molecule has 5 rings (SSSR count). The molecule has 2 aromatic carbocycles. The summed E-state index contributed by atoms with van der Waals surface area (Å²) in [7, 11) is -3.72. The number of carbonyl (C=O) groups is 1. The van der Waals surface area contributed by atoms with Gasteiger partial charge in [-0.25, -0.2) is 13.4 Å². The van der Waals surface area contributed by atoms with Crippen molar-refractivity contribution in [1.29, 1.82) is 0 Å². The Morgan fingerprint density at radius 2 is 1.76 bits per heavy atom. The molecule has 2 saturated heterocycles. The molecule has 2 fully saturated rings. The third kappa shape index (κ3) is 4.76. The highest BCUT2D eigenvalue weighted by molar-refractivity contribution is 7.93. The molecule has 2 aliphatic heterocycles. The molecule has 1 atom stereocenters. The van der Waals surface area contributed by atoms with Gasteiger partial charge in [0, 0.05) is 60.7 Å². The summed E-state index contributed by atoms with van der Waals surface area (Å²) in [6.45, 7) is 3.89. The second-order valence-corrected chi connectivity index (χ2v) is 11.2. The molecule has 0 radical (unpaired) electrons. The second kappa shape index (κ2) is 9.53. The number of hydrogen-bond acceptors (Lipinski definition) is 7. The largest absolute Gasteiger partial charge is 0.369 e. The fourth-order valence-corrected chi connectivity index (χ4v) is 6.45. The molecule has 0 saturated carbocycles. The Morgan fingerprint density at radius 3 is 2.44 bits per heavy atom. The number of aromatic nitrogens is 1. The van der Waals surface area contributed by atoms with E-state index in [0.717, 1.165) is 43.3 Å². The van der Waals surface area contributed by atoms with Crippen LogP contribution in [0.3, 0.4) is 0 Å². The topological polar surface area (TPSA) is 85.9 Å². The summed E-state index contributed by atoms with van der Waals surface area (Å²) < 4.78 is 27.6. The molecule has 0 unspecified atom stereocenters. The van der Waals surface area contributed by atoms with Crippen molar-refractivity contribution in [3.63, 3.8) is 0 Å². The van der Waals surface area contributed by atoms with E-state index in [2.05, 4.69) is 25.6 Å². The van der Waals surface area contributed by atoms with E-state index >= 15 is 0 Å². The summed E-state index contributed by atoms with van der Waals surface area (Å²) in [5, 5.41) is 2.74. The highest BCUT2D eigenvalue weighted by atomic mass is 35.5. The third-order valence-corrected chi connectivity index (χ3v) is 8.63. The first-order valence-corrected chi connectivity index (χ1v) is 13.7. The molecule has 0 spiro atoms. The zero-order valence-electron chi connectivity index (χ0n) is 18.3. The number of anilines is 3. The van der Waals surface area contributed by atoms with Crippen LogP contribution in [0.4, 0.5) is 16.5 Å². The van der Waals surface area contributed by atoms with Crippen molar-refractivity contribution >= 4 is 55.4 Å². The minimum absolute atomic E-state index is 0.0627. The van der Waals surface area contributed by atoms with E-state index in [1.54, 1.807) is 22.4 Å². The van der Waals surface area contributed by atoms with Gasteiger partial charge in [0.05, 0.1) is 10.9 Å². The first-order valence-electron chi connectivity index (χ1n) is 11.0. The van der Waals surface area contributed by atoms with Gasteiger partial charge >= 0.3 is 0 Å². The van der Waals surface area contributed by atoms with Crippen molar-refractivity contribution in [2.75, 3.05) is 47.2 Å². The van der Waals surface area contributed by atoms with Crippen molar-refractivity contribution in [2.45, 2.75) is 17.4 Å². The van der Waals surface area contributed by atoms with Crippen LogP contribution in [-0.2, 0) is 14.8 Å². The molecule has 0 bridgehead atoms. The van der Waals surface area contributed by atoms with Gasteiger partial charge in [-0.2, -0.15) is 0 Å². The number of nitrogens with one attached hydrogen (secondary N) is 1. The number of piperazine rings is 1. The van der Waals surface area contributed by atoms with Crippen molar-refractivity contribution < 1.29 is 13.2 Å². The molecule has 11 heteroatoms. The van der Waals surface area contributed by atoms with Gasteiger partial charge in [-0.1, -0.05) is 17.7 Å². The van der Waals surface area contributed by atoms with E-state index in [0.29, 0.717) is 17.4 Å². The third-order valence-electron chi connectivity index (χ3n) is 6.22. The van der Waals surface area contributed by atoms with Crippen LogP contribution < -0.4 is 14.5 Å². The maximum Gasteiger partial charge on any atom is 0.263 e. The summed E-state index contributed by atoms with van der Waals surface area (Å²) in [4.78, 5) is 23.6. The fourth-order valence-electron chi connectivity index (χ4n) is 4.48. The molecular formula is C23H24ClN5O3S2. The molecule has 1 N–H and O–H groups in total.